The van der Waals surface area contributed by atoms with Gasteiger partial charge in [-0.25, -0.2) is 0 Å². The molecule has 0 aliphatic carbocycles. The highest BCUT2D eigenvalue weighted by Gasteiger charge is 2.09. The first-order chi connectivity index (χ1) is 7.15. The van der Waals surface area contributed by atoms with Crippen molar-refractivity contribution in [3.05, 3.63) is 17.0 Å². The molecule has 0 bridgehead atoms. The van der Waals surface area contributed by atoms with Crippen molar-refractivity contribution >= 4 is 0 Å². The molecule has 0 aliphatic rings. The van der Waals surface area contributed by atoms with Crippen LogP contribution in [0.1, 0.15) is 30.4 Å². The van der Waals surface area contributed by atoms with Gasteiger partial charge in [-0.15, -0.1) is 0 Å². The van der Waals surface area contributed by atoms with Gasteiger partial charge in [0.05, 0.1) is 5.69 Å². The largest absolute Gasteiger partial charge is 0.385 e. The number of aromatic nitrogens is 1. The summed E-state index contributed by atoms with van der Waals surface area (Å²) in [4.78, 5) is 0. The Hall–Kier alpha value is -0.870. The van der Waals surface area contributed by atoms with Crippen molar-refractivity contribution in [2.24, 2.45) is 0 Å². The van der Waals surface area contributed by atoms with Gasteiger partial charge >= 0.3 is 0 Å². The van der Waals surface area contributed by atoms with Gasteiger partial charge in [-0.3, -0.25) is 0 Å². The fraction of sp³-hybridized carbons (Fsp3) is 0.727. The van der Waals surface area contributed by atoms with Crippen molar-refractivity contribution in [1.29, 1.82) is 0 Å². The molecule has 0 saturated heterocycles. The van der Waals surface area contributed by atoms with E-state index in [0.29, 0.717) is 6.04 Å². The van der Waals surface area contributed by atoms with Gasteiger partial charge in [-0.05, 0) is 27.2 Å². The van der Waals surface area contributed by atoms with Crippen LogP contribution in [-0.4, -0.2) is 24.9 Å². The van der Waals surface area contributed by atoms with Crippen LogP contribution in [0.5, 0.6) is 0 Å². The molecule has 0 fully saturated rings. The Labute approximate surface area is 91.0 Å². The van der Waals surface area contributed by atoms with Crippen LogP contribution in [0.2, 0.25) is 0 Å². The van der Waals surface area contributed by atoms with E-state index in [1.54, 1.807) is 7.11 Å². The van der Waals surface area contributed by atoms with Gasteiger partial charge in [0.2, 0.25) is 0 Å². The first kappa shape index (κ1) is 12.2. The van der Waals surface area contributed by atoms with Crippen LogP contribution < -0.4 is 5.32 Å². The third-order valence-electron chi connectivity index (χ3n) is 2.56. The summed E-state index contributed by atoms with van der Waals surface area (Å²) in [7, 11) is 1.72. The number of nitrogens with zero attached hydrogens (tertiary/aromatic N) is 1. The van der Waals surface area contributed by atoms with Crippen molar-refractivity contribution in [2.75, 3.05) is 13.7 Å². The van der Waals surface area contributed by atoms with Gasteiger partial charge in [0.15, 0.2) is 0 Å². The summed E-state index contributed by atoms with van der Waals surface area (Å²) >= 11 is 0. The summed E-state index contributed by atoms with van der Waals surface area (Å²) in [6, 6.07) is 0.443. The quantitative estimate of drug-likeness (QED) is 0.781. The number of ether oxygens (including phenoxy) is 1. The maximum absolute atomic E-state index is 5.09. The fourth-order valence-electron chi connectivity index (χ4n) is 1.43. The van der Waals surface area contributed by atoms with E-state index in [-0.39, 0.29) is 0 Å². The predicted molar refractivity (Wildman–Crippen MR) is 58.8 cm³/mol. The normalized spacial score (nSPS) is 13.1. The molecule has 1 aromatic rings. The monoisotopic (exact) mass is 212 g/mol. The van der Waals surface area contributed by atoms with E-state index in [0.717, 1.165) is 31.0 Å². The maximum Gasteiger partial charge on any atom is 0.138 e. The first-order valence-corrected chi connectivity index (χ1v) is 5.29. The van der Waals surface area contributed by atoms with Crippen molar-refractivity contribution < 1.29 is 9.26 Å². The molecule has 15 heavy (non-hydrogen) atoms. The summed E-state index contributed by atoms with van der Waals surface area (Å²) in [5.41, 5.74) is 2.14. The summed E-state index contributed by atoms with van der Waals surface area (Å²) in [6.07, 6.45) is 1.01. The molecule has 86 valence electrons. The lowest BCUT2D eigenvalue weighted by Gasteiger charge is -2.12. The smallest absolute Gasteiger partial charge is 0.138 e. The zero-order valence-electron chi connectivity index (χ0n) is 9.96. The lowest BCUT2D eigenvalue weighted by molar-refractivity contribution is 0.184. The Bertz CT molecular complexity index is 277. The molecule has 1 unspecified atom stereocenters. The highest BCUT2D eigenvalue weighted by Crippen LogP contribution is 2.11. The molecule has 0 radical (unpaired) electrons. The number of nitrogens with one attached hydrogen (secondary N) is 1. The molecular formula is C11H20N2O2. The average molecular weight is 212 g/mol. The predicted octanol–water partition coefficient (Wildman–Crippen LogP) is 1.81. The number of aryl methyl sites for hydroxylation is 2. The summed E-state index contributed by atoms with van der Waals surface area (Å²) in [5, 5.41) is 7.34. The van der Waals surface area contributed by atoms with Crippen LogP contribution in [0, 0.1) is 13.8 Å². The Kier molecular flexibility index (Phi) is 4.78. The van der Waals surface area contributed by atoms with Crippen molar-refractivity contribution in [2.45, 2.75) is 39.8 Å². The van der Waals surface area contributed by atoms with Gasteiger partial charge in [-0.2, -0.15) is 0 Å². The standard InChI is InChI=1S/C11H20N2O2/c1-8(5-6-14-4)12-7-11-9(2)13-15-10(11)3/h8,12H,5-7H2,1-4H3. The van der Waals surface area contributed by atoms with E-state index < -0.39 is 0 Å². The van der Waals surface area contributed by atoms with Crippen molar-refractivity contribution in [3.8, 4) is 0 Å². The number of hydrogen-bond donors (Lipinski definition) is 1. The van der Waals surface area contributed by atoms with Crippen LogP contribution in [0.3, 0.4) is 0 Å². The Morgan fingerprint density at radius 2 is 2.20 bits per heavy atom. The Balaban J connectivity index is 2.36. The molecule has 1 heterocycles. The molecule has 0 aliphatic heterocycles. The number of hydrogen-bond acceptors (Lipinski definition) is 4. The van der Waals surface area contributed by atoms with Crippen molar-refractivity contribution in [1.82, 2.24) is 10.5 Å². The second kappa shape index (κ2) is 5.88. The lowest BCUT2D eigenvalue weighted by atomic mass is 10.2. The summed E-state index contributed by atoms with van der Waals surface area (Å²) < 4.78 is 10.1. The van der Waals surface area contributed by atoms with Crippen LogP contribution >= 0.6 is 0 Å². The molecule has 4 heteroatoms. The Morgan fingerprint density at radius 1 is 1.47 bits per heavy atom. The Morgan fingerprint density at radius 3 is 2.73 bits per heavy atom. The van der Waals surface area contributed by atoms with Gasteiger partial charge in [0, 0.05) is 31.9 Å². The SMILES string of the molecule is COCCC(C)NCc1c(C)noc1C. The second-order valence-corrected chi connectivity index (χ2v) is 3.87. The number of rotatable bonds is 6. The minimum Gasteiger partial charge on any atom is -0.385 e. The molecule has 0 aromatic carbocycles. The van der Waals surface area contributed by atoms with E-state index in [1.807, 2.05) is 13.8 Å². The van der Waals surface area contributed by atoms with Crippen LogP contribution in [-0.2, 0) is 11.3 Å². The van der Waals surface area contributed by atoms with E-state index >= 15 is 0 Å². The molecule has 1 aromatic heterocycles. The average Bonchev–Trinajstić information content (AvgIpc) is 2.53. The highest BCUT2D eigenvalue weighted by atomic mass is 16.5. The molecule has 4 nitrogen and oxygen atoms in total. The summed E-state index contributed by atoms with van der Waals surface area (Å²) in [6.45, 7) is 7.66. The molecule has 1 rings (SSSR count). The third kappa shape index (κ3) is 3.64. The molecule has 1 N–H and O–H groups in total. The molecular weight excluding hydrogens is 192 g/mol. The fourth-order valence-corrected chi connectivity index (χ4v) is 1.43. The molecule has 0 saturated carbocycles. The van der Waals surface area contributed by atoms with Crippen LogP contribution in [0.25, 0.3) is 0 Å². The minimum absolute atomic E-state index is 0.443. The first-order valence-electron chi connectivity index (χ1n) is 5.29. The molecule has 0 amide bonds. The highest BCUT2D eigenvalue weighted by molar-refractivity contribution is 5.20. The van der Waals surface area contributed by atoms with Crippen molar-refractivity contribution in [3.63, 3.8) is 0 Å². The molecule has 1 atom stereocenters. The number of methoxy groups -OCH3 is 1. The van der Waals surface area contributed by atoms with E-state index in [1.165, 1.54) is 5.56 Å². The minimum atomic E-state index is 0.443. The zero-order chi connectivity index (χ0) is 11.3. The van der Waals surface area contributed by atoms with Gasteiger partial charge in [0.25, 0.3) is 0 Å². The molecule has 0 spiro atoms. The van der Waals surface area contributed by atoms with E-state index in [4.69, 9.17) is 9.26 Å². The van der Waals surface area contributed by atoms with Crippen LogP contribution in [0.4, 0.5) is 0 Å². The van der Waals surface area contributed by atoms with Gasteiger partial charge < -0.3 is 14.6 Å². The zero-order valence-corrected chi connectivity index (χ0v) is 9.96. The lowest BCUT2D eigenvalue weighted by Crippen LogP contribution is -2.27. The van der Waals surface area contributed by atoms with E-state index in [2.05, 4.69) is 17.4 Å². The topological polar surface area (TPSA) is 47.3 Å². The maximum atomic E-state index is 5.09. The summed E-state index contributed by atoms with van der Waals surface area (Å²) in [5.74, 6) is 0.902. The second-order valence-electron chi connectivity index (χ2n) is 3.87. The van der Waals surface area contributed by atoms with Gasteiger partial charge in [-0.1, -0.05) is 5.16 Å². The van der Waals surface area contributed by atoms with Crippen LogP contribution in [0.15, 0.2) is 4.52 Å². The van der Waals surface area contributed by atoms with E-state index in [9.17, 15) is 0 Å². The third-order valence-corrected chi connectivity index (χ3v) is 2.56. The van der Waals surface area contributed by atoms with Gasteiger partial charge in [0.1, 0.15) is 5.76 Å².